The zero-order valence-electron chi connectivity index (χ0n) is 5.79. The van der Waals surface area contributed by atoms with Crippen molar-refractivity contribution in [3.63, 3.8) is 0 Å². The summed E-state index contributed by atoms with van der Waals surface area (Å²) in [4.78, 5) is 1.31. The van der Waals surface area contributed by atoms with E-state index in [9.17, 15) is 0 Å². The number of benzene rings is 1. The van der Waals surface area contributed by atoms with Crippen LogP contribution in [0.2, 0.25) is 0 Å². The van der Waals surface area contributed by atoms with E-state index in [1.807, 2.05) is 24.3 Å². The van der Waals surface area contributed by atoms with Gasteiger partial charge in [0.15, 0.2) is 0 Å². The average molecular weight is 152 g/mol. The van der Waals surface area contributed by atoms with Gasteiger partial charge in [-0.2, -0.15) is 0 Å². The molecule has 0 radical (unpaired) electrons. The van der Waals surface area contributed by atoms with Crippen molar-refractivity contribution in [3.05, 3.63) is 43.0 Å². The molecule has 0 saturated carbocycles. The van der Waals surface area contributed by atoms with Gasteiger partial charge in [-0.1, -0.05) is 24.3 Å². The molecule has 0 aliphatic heterocycles. The lowest BCUT2D eigenvalue weighted by atomic mass is 10.5. The summed E-state index contributed by atoms with van der Waals surface area (Å²) in [5.74, 6) is 0.990. The SMILES string of the molecule is C=CCS[14c]1ccccc1. The van der Waals surface area contributed by atoms with E-state index in [2.05, 4.69) is 18.7 Å². The van der Waals surface area contributed by atoms with Crippen LogP contribution in [0, 0.1) is 0 Å². The van der Waals surface area contributed by atoms with Crippen LogP contribution in [-0.2, 0) is 0 Å². The minimum absolute atomic E-state index is 0.990. The van der Waals surface area contributed by atoms with Crippen molar-refractivity contribution in [2.24, 2.45) is 0 Å². The Hall–Kier alpha value is -0.690. The second kappa shape index (κ2) is 4.18. The summed E-state index contributed by atoms with van der Waals surface area (Å²) in [5.41, 5.74) is 0. The molecular formula is C9H10S. The van der Waals surface area contributed by atoms with Gasteiger partial charge in [-0.05, 0) is 12.1 Å². The molecule has 0 aromatic heterocycles. The Morgan fingerprint density at radius 1 is 1.30 bits per heavy atom. The van der Waals surface area contributed by atoms with Crippen molar-refractivity contribution in [2.45, 2.75) is 4.90 Å². The first-order valence-corrected chi connectivity index (χ1v) is 4.21. The van der Waals surface area contributed by atoms with Crippen LogP contribution >= 0.6 is 11.8 Å². The lowest BCUT2D eigenvalue weighted by Crippen LogP contribution is -1.70. The summed E-state index contributed by atoms with van der Waals surface area (Å²) in [6, 6.07) is 10.3. The Kier molecular flexibility index (Phi) is 3.10. The highest BCUT2D eigenvalue weighted by molar-refractivity contribution is 7.99. The molecule has 0 nitrogen and oxygen atoms in total. The van der Waals surface area contributed by atoms with E-state index < -0.39 is 0 Å². The second-order valence-corrected chi connectivity index (χ2v) is 3.01. The Balaban J connectivity index is 2.50. The minimum atomic E-state index is 0.990. The Labute approximate surface area is 66.0 Å². The smallest absolute Gasteiger partial charge is 0.0158 e. The first kappa shape index (κ1) is 7.42. The predicted octanol–water partition coefficient (Wildman–Crippen LogP) is 2.96. The Bertz CT molecular complexity index is 191. The van der Waals surface area contributed by atoms with Crippen molar-refractivity contribution in [1.29, 1.82) is 0 Å². The molecule has 0 aliphatic rings. The topological polar surface area (TPSA) is 0 Å². The van der Waals surface area contributed by atoms with Gasteiger partial charge in [0.1, 0.15) is 0 Å². The number of rotatable bonds is 3. The van der Waals surface area contributed by atoms with Gasteiger partial charge in [0, 0.05) is 10.6 Å². The first-order valence-electron chi connectivity index (χ1n) is 3.22. The molecule has 0 spiro atoms. The third kappa shape index (κ3) is 2.28. The van der Waals surface area contributed by atoms with Gasteiger partial charge in [0.2, 0.25) is 0 Å². The molecule has 0 bridgehead atoms. The van der Waals surface area contributed by atoms with E-state index in [1.165, 1.54) is 4.90 Å². The first-order chi connectivity index (χ1) is 4.93. The summed E-state index contributed by atoms with van der Waals surface area (Å²) in [7, 11) is 0. The Morgan fingerprint density at radius 2 is 2.00 bits per heavy atom. The Morgan fingerprint density at radius 3 is 2.60 bits per heavy atom. The van der Waals surface area contributed by atoms with E-state index in [0.717, 1.165) is 5.75 Å². The van der Waals surface area contributed by atoms with E-state index in [-0.39, 0.29) is 0 Å². The van der Waals surface area contributed by atoms with Crippen LogP contribution in [0.4, 0.5) is 0 Å². The van der Waals surface area contributed by atoms with Gasteiger partial charge in [0.05, 0.1) is 0 Å². The van der Waals surface area contributed by atoms with Gasteiger partial charge in [-0.15, -0.1) is 18.3 Å². The summed E-state index contributed by atoms with van der Waals surface area (Å²) < 4.78 is 0. The number of hydrogen-bond acceptors (Lipinski definition) is 1. The summed E-state index contributed by atoms with van der Waals surface area (Å²) in [5, 5.41) is 0. The molecule has 52 valence electrons. The maximum Gasteiger partial charge on any atom is 0.0158 e. The fourth-order valence-electron chi connectivity index (χ4n) is 0.672. The monoisotopic (exact) mass is 152 g/mol. The average Bonchev–Trinajstić information content (AvgIpc) is 2.03. The quantitative estimate of drug-likeness (QED) is 0.474. The minimum Gasteiger partial charge on any atom is -0.122 e. The summed E-state index contributed by atoms with van der Waals surface area (Å²) in [6.45, 7) is 3.65. The number of hydrogen-bond donors (Lipinski definition) is 0. The van der Waals surface area contributed by atoms with Crippen LogP contribution in [0.1, 0.15) is 0 Å². The molecule has 1 rings (SSSR count). The van der Waals surface area contributed by atoms with Crippen LogP contribution in [0.5, 0.6) is 0 Å². The lowest BCUT2D eigenvalue weighted by molar-refractivity contribution is 1.46. The molecule has 1 aromatic carbocycles. The fourth-order valence-corrected chi connectivity index (χ4v) is 1.33. The van der Waals surface area contributed by atoms with Crippen molar-refractivity contribution in [1.82, 2.24) is 0 Å². The highest BCUT2D eigenvalue weighted by Crippen LogP contribution is 2.15. The van der Waals surface area contributed by atoms with Gasteiger partial charge < -0.3 is 0 Å². The van der Waals surface area contributed by atoms with Crippen molar-refractivity contribution in [3.8, 4) is 0 Å². The molecule has 0 N–H and O–H groups in total. The number of thioether (sulfide) groups is 1. The van der Waals surface area contributed by atoms with E-state index in [1.54, 1.807) is 11.8 Å². The normalized spacial score (nSPS) is 9.20. The van der Waals surface area contributed by atoms with Gasteiger partial charge in [-0.3, -0.25) is 0 Å². The van der Waals surface area contributed by atoms with Crippen LogP contribution in [0.3, 0.4) is 0 Å². The van der Waals surface area contributed by atoms with E-state index in [0.29, 0.717) is 0 Å². The van der Waals surface area contributed by atoms with E-state index >= 15 is 0 Å². The van der Waals surface area contributed by atoms with Crippen LogP contribution in [-0.4, -0.2) is 5.75 Å². The molecule has 0 atom stereocenters. The molecule has 10 heavy (non-hydrogen) atoms. The molecule has 0 amide bonds. The second-order valence-electron chi connectivity index (χ2n) is 1.91. The highest BCUT2D eigenvalue weighted by atomic mass is 32.2. The maximum absolute atomic E-state index is 3.65. The van der Waals surface area contributed by atoms with Crippen LogP contribution in [0.25, 0.3) is 0 Å². The van der Waals surface area contributed by atoms with Crippen molar-refractivity contribution in [2.75, 3.05) is 5.75 Å². The molecular weight excluding hydrogens is 142 g/mol. The zero-order chi connectivity index (χ0) is 7.23. The third-order valence-electron chi connectivity index (χ3n) is 1.11. The standard InChI is InChI=1S/C9H10S/c1-2-8-10-9-6-4-3-5-7-9/h2-7H,1,8H2/i9+2. The predicted molar refractivity (Wildman–Crippen MR) is 47.4 cm³/mol. The molecule has 0 aliphatic carbocycles. The zero-order valence-corrected chi connectivity index (χ0v) is 6.60. The molecule has 1 aromatic rings. The molecule has 0 unspecified atom stereocenters. The summed E-state index contributed by atoms with van der Waals surface area (Å²) >= 11 is 1.80. The van der Waals surface area contributed by atoms with Gasteiger partial charge >= 0.3 is 0 Å². The third-order valence-corrected chi connectivity index (χ3v) is 2.12. The molecule has 1 heteroatoms. The van der Waals surface area contributed by atoms with Gasteiger partial charge in [0.25, 0.3) is 0 Å². The van der Waals surface area contributed by atoms with Crippen molar-refractivity contribution < 1.29 is 0 Å². The van der Waals surface area contributed by atoms with Crippen LogP contribution in [0.15, 0.2) is 47.9 Å². The largest absolute Gasteiger partial charge is 0.122 e. The lowest BCUT2D eigenvalue weighted by Gasteiger charge is -1.94. The van der Waals surface area contributed by atoms with Gasteiger partial charge in [-0.25, -0.2) is 0 Å². The maximum atomic E-state index is 3.65. The molecule has 0 saturated heterocycles. The highest BCUT2D eigenvalue weighted by Gasteiger charge is 1.86. The summed E-state index contributed by atoms with van der Waals surface area (Å²) in [6.07, 6.45) is 1.91. The van der Waals surface area contributed by atoms with Crippen LogP contribution < -0.4 is 0 Å². The van der Waals surface area contributed by atoms with Crippen molar-refractivity contribution >= 4 is 11.8 Å². The molecule has 0 fully saturated rings. The van der Waals surface area contributed by atoms with E-state index in [4.69, 9.17) is 0 Å². The fraction of sp³-hybridized carbons (Fsp3) is 0.111. The molecule has 0 heterocycles.